The quantitative estimate of drug-likeness (QED) is 0.701. The highest BCUT2D eigenvalue weighted by Gasteiger charge is 2.44. The molecule has 2 aromatic heterocycles. The highest BCUT2D eigenvalue weighted by Crippen LogP contribution is 2.44. The first-order valence-corrected chi connectivity index (χ1v) is 12.4. The Hall–Kier alpha value is -2.02. The van der Waals surface area contributed by atoms with Crippen LogP contribution in [0.3, 0.4) is 0 Å². The van der Waals surface area contributed by atoms with Gasteiger partial charge in [-0.1, -0.05) is 24.5 Å². The number of nitrogens with zero attached hydrogens (tertiary/aromatic N) is 6. The van der Waals surface area contributed by atoms with Crippen molar-refractivity contribution in [3.8, 4) is 0 Å². The van der Waals surface area contributed by atoms with Crippen molar-refractivity contribution < 1.29 is 4.74 Å². The van der Waals surface area contributed by atoms with Gasteiger partial charge < -0.3 is 9.64 Å². The first kappa shape index (κ1) is 19.6. The zero-order valence-corrected chi connectivity index (χ0v) is 18.4. The maximum atomic E-state index is 6.54. The van der Waals surface area contributed by atoms with Gasteiger partial charge in [0.1, 0.15) is 5.82 Å². The minimum atomic E-state index is 0.240. The average Bonchev–Trinajstić information content (AvgIpc) is 3.36. The smallest absolute Gasteiger partial charge is 0.147 e. The van der Waals surface area contributed by atoms with Crippen LogP contribution in [0, 0.1) is 17.8 Å². The van der Waals surface area contributed by atoms with Crippen LogP contribution in [0.2, 0.25) is 0 Å². The summed E-state index contributed by atoms with van der Waals surface area (Å²) < 4.78 is 8.71. The van der Waals surface area contributed by atoms with Gasteiger partial charge in [-0.05, 0) is 56.3 Å². The Labute approximate surface area is 184 Å². The van der Waals surface area contributed by atoms with Gasteiger partial charge in [0.05, 0.1) is 24.0 Å². The fraction of sp³-hybridized carbons (Fsp3) is 0.750. The van der Waals surface area contributed by atoms with Crippen molar-refractivity contribution in [3.05, 3.63) is 30.5 Å². The summed E-state index contributed by atoms with van der Waals surface area (Å²) in [5, 5.41) is 9.28. The van der Waals surface area contributed by atoms with E-state index in [4.69, 9.17) is 4.74 Å². The molecule has 4 atom stereocenters. The highest BCUT2D eigenvalue weighted by atomic mass is 16.5. The summed E-state index contributed by atoms with van der Waals surface area (Å²) in [6, 6.07) is 0.298. The summed E-state index contributed by atoms with van der Waals surface area (Å²) >= 11 is 0. The molecule has 0 unspecified atom stereocenters. The van der Waals surface area contributed by atoms with Crippen molar-refractivity contribution in [2.75, 3.05) is 24.6 Å². The lowest BCUT2D eigenvalue weighted by atomic mass is 9.77. The molecule has 7 heteroatoms. The standard InChI is InChI=1S/C24H34N6O/c1-2-4-18(5-3-1)21-15-30(28-27-21)22-10-19-13-29(24-12-25-8-9-26-24)14-20(19)11-23(22)31-16-17-6-7-17/h8-9,12,15,17-20,22-23H,1-7,10-11,13-14,16H2/t19-,20+,22-,23-/m1/s1. The molecule has 3 heterocycles. The Morgan fingerprint density at radius 3 is 2.58 bits per heavy atom. The van der Waals surface area contributed by atoms with Crippen molar-refractivity contribution in [1.29, 1.82) is 0 Å². The zero-order chi connectivity index (χ0) is 20.6. The number of ether oxygens (including phenoxy) is 1. The summed E-state index contributed by atoms with van der Waals surface area (Å²) in [5.41, 5.74) is 1.20. The summed E-state index contributed by atoms with van der Waals surface area (Å²) in [7, 11) is 0. The summed E-state index contributed by atoms with van der Waals surface area (Å²) in [4.78, 5) is 11.2. The largest absolute Gasteiger partial charge is 0.376 e. The average molecular weight is 423 g/mol. The van der Waals surface area contributed by atoms with Crippen molar-refractivity contribution in [3.63, 3.8) is 0 Å². The van der Waals surface area contributed by atoms with Gasteiger partial charge in [0.2, 0.25) is 0 Å². The second-order valence-electron chi connectivity index (χ2n) is 10.3. The first-order valence-electron chi connectivity index (χ1n) is 12.4. The van der Waals surface area contributed by atoms with Gasteiger partial charge in [-0.25, -0.2) is 9.67 Å². The molecule has 6 rings (SSSR count). The van der Waals surface area contributed by atoms with E-state index in [0.717, 1.165) is 44.3 Å². The lowest BCUT2D eigenvalue weighted by Gasteiger charge is -2.37. The number of hydrogen-bond donors (Lipinski definition) is 0. The van der Waals surface area contributed by atoms with Crippen molar-refractivity contribution in [1.82, 2.24) is 25.0 Å². The first-order chi connectivity index (χ1) is 15.3. The lowest BCUT2D eigenvalue weighted by Crippen LogP contribution is -2.38. The topological polar surface area (TPSA) is 69.0 Å². The maximum Gasteiger partial charge on any atom is 0.147 e. The highest BCUT2D eigenvalue weighted by molar-refractivity contribution is 5.37. The molecule has 166 valence electrons. The summed E-state index contributed by atoms with van der Waals surface area (Å²) in [6.45, 7) is 3.03. The molecule has 3 aliphatic carbocycles. The number of hydrogen-bond acceptors (Lipinski definition) is 6. The number of rotatable bonds is 6. The minimum absolute atomic E-state index is 0.240. The third kappa shape index (κ3) is 4.21. The zero-order valence-electron chi connectivity index (χ0n) is 18.4. The fourth-order valence-corrected chi connectivity index (χ4v) is 6.07. The number of aromatic nitrogens is 5. The van der Waals surface area contributed by atoms with E-state index < -0.39 is 0 Å². The Balaban J connectivity index is 1.20. The van der Waals surface area contributed by atoms with Gasteiger partial charge in [0, 0.05) is 44.2 Å². The van der Waals surface area contributed by atoms with Crippen LogP contribution in [0.4, 0.5) is 5.82 Å². The Morgan fingerprint density at radius 2 is 1.81 bits per heavy atom. The van der Waals surface area contributed by atoms with Gasteiger partial charge in [-0.3, -0.25) is 4.98 Å². The molecule has 4 aliphatic rings. The van der Waals surface area contributed by atoms with Crippen molar-refractivity contribution in [2.24, 2.45) is 17.8 Å². The number of anilines is 1. The van der Waals surface area contributed by atoms with E-state index in [-0.39, 0.29) is 6.10 Å². The molecule has 0 aromatic carbocycles. The monoisotopic (exact) mass is 422 g/mol. The predicted octanol–water partition coefficient (Wildman–Crippen LogP) is 4.00. The van der Waals surface area contributed by atoms with Crippen LogP contribution in [-0.4, -0.2) is 50.8 Å². The molecule has 3 saturated carbocycles. The van der Waals surface area contributed by atoms with E-state index in [9.17, 15) is 0 Å². The normalized spacial score (nSPS) is 31.7. The molecule has 0 spiro atoms. The molecule has 1 aliphatic heterocycles. The molecule has 2 aromatic rings. The molecule has 0 radical (unpaired) electrons. The predicted molar refractivity (Wildman–Crippen MR) is 118 cm³/mol. The Morgan fingerprint density at radius 1 is 0.968 bits per heavy atom. The van der Waals surface area contributed by atoms with Crippen LogP contribution in [-0.2, 0) is 4.74 Å². The van der Waals surface area contributed by atoms with Crippen LogP contribution in [0.25, 0.3) is 0 Å². The van der Waals surface area contributed by atoms with Crippen LogP contribution >= 0.6 is 0 Å². The molecule has 7 nitrogen and oxygen atoms in total. The van der Waals surface area contributed by atoms with Gasteiger partial charge >= 0.3 is 0 Å². The van der Waals surface area contributed by atoms with Crippen molar-refractivity contribution >= 4 is 5.82 Å². The van der Waals surface area contributed by atoms with Crippen LogP contribution in [0.5, 0.6) is 0 Å². The number of fused-ring (bicyclic) bond motifs is 1. The van der Waals surface area contributed by atoms with E-state index in [0.29, 0.717) is 23.8 Å². The molecule has 0 bridgehead atoms. The lowest BCUT2D eigenvalue weighted by molar-refractivity contribution is -0.0375. The van der Waals surface area contributed by atoms with Gasteiger partial charge in [0.25, 0.3) is 0 Å². The van der Waals surface area contributed by atoms with E-state index in [1.165, 1.54) is 50.6 Å². The van der Waals surface area contributed by atoms with E-state index in [2.05, 4.69) is 36.1 Å². The second kappa shape index (κ2) is 8.49. The molecule has 0 N–H and O–H groups in total. The third-order valence-corrected chi connectivity index (χ3v) is 8.09. The van der Waals surface area contributed by atoms with Crippen LogP contribution in [0.1, 0.15) is 75.4 Å². The maximum absolute atomic E-state index is 6.54. The Bertz CT molecular complexity index is 862. The third-order valence-electron chi connectivity index (χ3n) is 8.09. The molecule has 4 fully saturated rings. The van der Waals surface area contributed by atoms with E-state index in [1.54, 1.807) is 12.4 Å². The van der Waals surface area contributed by atoms with Gasteiger partial charge in [-0.2, -0.15) is 0 Å². The van der Waals surface area contributed by atoms with Crippen LogP contribution < -0.4 is 4.90 Å². The summed E-state index contributed by atoms with van der Waals surface area (Å²) in [5.74, 6) is 3.69. The molecule has 31 heavy (non-hydrogen) atoms. The van der Waals surface area contributed by atoms with E-state index >= 15 is 0 Å². The van der Waals surface area contributed by atoms with Gasteiger partial charge in [-0.15, -0.1) is 5.10 Å². The minimum Gasteiger partial charge on any atom is -0.376 e. The summed E-state index contributed by atoms with van der Waals surface area (Å²) in [6.07, 6.45) is 19.4. The van der Waals surface area contributed by atoms with Gasteiger partial charge in [0.15, 0.2) is 0 Å². The molecule has 0 amide bonds. The van der Waals surface area contributed by atoms with Crippen molar-refractivity contribution in [2.45, 2.75) is 75.9 Å². The fourth-order valence-electron chi connectivity index (χ4n) is 6.07. The van der Waals surface area contributed by atoms with Crippen LogP contribution in [0.15, 0.2) is 24.8 Å². The molecular weight excluding hydrogens is 388 g/mol. The van der Waals surface area contributed by atoms with E-state index in [1.807, 2.05) is 6.20 Å². The second-order valence-corrected chi connectivity index (χ2v) is 10.3. The SMILES string of the molecule is c1cnc(N2C[C@H]3C[C@@H](n4cc(C5CCCCC5)nn4)[C@H](OCC4CC4)C[C@H]3C2)cn1. The Kier molecular flexibility index (Phi) is 5.38. The molecule has 1 saturated heterocycles. The molecular formula is C24H34N6O.